The number of carbonyl (C=O) groups excluding carboxylic acids is 4. The first-order chi connectivity index (χ1) is 35.2. The molecule has 4 aromatic heterocycles. The Hall–Kier alpha value is -6.74. The average molecular weight is 1090 g/mol. The van der Waals surface area contributed by atoms with Crippen LogP contribution in [0.3, 0.4) is 0 Å². The lowest BCUT2D eigenvalue weighted by molar-refractivity contribution is -0.165. The molecule has 0 bridgehead atoms. The van der Waals surface area contributed by atoms with Crippen LogP contribution in [0.15, 0.2) is 73.3 Å². The van der Waals surface area contributed by atoms with Crippen molar-refractivity contribution in [2.75, 3.05) is 39.4 Å². The number of hydrogen-bond donors (Lipinski definition) is 0. The molecule has 0 aromatic carbocycles. The number of amides is 2. The van der Waals surface area contributed by atoms with E-state index in [9.17, 15) is 45.5 Å². The van der Waals surface area contributed by atoms with Crippen LogP contribution < -0.4 is 9.47 Å². The van der Waals surface area contributed by atoms with Gasteiger partial charge in [-0.15, -0.1) is 0 Å². The van der Waals surface area contributed by atoms with Crippen LogP contribution in [0.5, 0.6) is 11.8 Å². The van der Waals surface area contributed by atoms with Gasteiger partial charge in [0, 0.05) is 87.0 Å². The van der Waals surface area contributed by atoms with Crippen molar-refractivity contribution in [3.8, 4) is 11.8 Å². The van der Waals surface area contributed by atoms with E-state index in [0.29, 0.717) is 25.9 Å². The molecular weight excluding hydrogens is 1020 g/mol. The van der Waals surface area contributed by atoms with E-state index in [1.807, 2.05) is 26.0 Å². The highest BCUT2D eigenvalue weighted by molar-refractivity contribution is 5.77. The second kappa shape index (κ2) is 25.2. The lowest BCUT2D eigenvalue weighted by Gasteiger charge is -2.40. The molecule has 6 heterocycles. The fourth-order valence-corrected chi connectivity index (χ4v) is 8.15. The van der Waals surface area contributed by atoms with Crippen LogP contribution >= 0.6 is 0 Å². The number of pyridine rings is 4. The predicted molar refractivity (Wildman–Crippen MR) is 272 cm³/mol. The number of likely N-dealkylation sites (tertiary alicyclic amines) is 2. The lowest BCUT2D eigenvalue weighted by atomic mass is 9.86. The van der Waals surface area contributed by atoms with Gasteiger partial charge in [0.05, 0.1) is 10.8 Å². The molecule has 77 heavy (non-hydrogen) atoms. The molecule has 2 fully saturated rings. The summed E-state index contributed by atoms with van der Waals surface area (Å²) >= 11 is 0. The van der Waals surface area contributed by atoms with E-state index >= 15 is 0 Å². The molecule has 424 valence electrons. The van der Waals surface area contributed by atoms with Crippen molar-refractivity contribution in [3.05, 3.63) is 107 Å². The van der Waals surface area contributed by atoms with Crippen molar-refractivity contribution >= 4 is 24.1 Å². The molecule has 2 aliphatic rings. The number of piperidine rings is 2. The zero-order chi connectivity index (χ0) is 56.6. The Balaban J connectivity index is 0.000000328. The van der Waals surface area contributed by atoms with Crippen molar-refractivity contribution in [3.63, 3.8) is 0 Å². The largest absolute Gasteiger partial charge is 0.476 e. The van der Waals surface area contributed by atoms with Gasteiger partial charge in [-0.2, -0.15) is 26.3 Å². The van der Waals surface area contributed by atoms with E-state index < -0.39 is 93.6 Å². The first-order valence-electron chi connectivity index (χ1n) is 24.7. The topological polar surface area (TPSA) is 182 Å². The summed E-state index contributed by atoms with van der Waals surface area (Å²) in [5, 5.41) is 0. The van der Waals surface area contributed by atoms with Gasteiger partial charge in [0.15, 0.2) is 0 Å². The average Bonchev–Trinajstić information content (AvgIpc) is 3.32. The number of ether oxygens (including phenoxy) is 6. The molecule has 4 aromatic rings. The number of hydrogen-bond acceptors (Lipinski definition) is 14. The third-order valence-corrected chi connectivity index (χ3v) is 12.2. The van der Waals surface area contributed by atoms with Crippen molar-refractivity contribution in [2.45, 2.75) is 151 Å². The molecule has 0 unspecified atom stereocenters. The third-order valence-electron chi connectivity index (χ3n) is 12.2. The molecule has 16 nitrogen and oxygen atoms in total. The van der Waals surface area contributed by atoms with Gasteiger partial charge in [0.1, 0.15) is 47.8 Å². The number of aromatic nitrogens is 4. The molecule has 2 amide bonds. The Morgan fingerprint density at radius 2 is 0.857 bits per heavy atom. The smallest absolute Gasteiger partial charge is 0.421 e. The Morgan fingerprint density at radius 3 is 1.17 bits per heavy atom. The third kappa shape index (κ3) is 17.6. The zero-order valence-electron chi connectivity index (χ0n) is 44.9. The minimum Gasteiger partial charge on any atom is -0.476 e. The zero-order valence-corrected chi connectivity index (χ0v) is 44.9. The summed E-state index contributed by atoms with van der Waals surface area (Å²) in [4.78, 5) is 71.2. The maximum Gasteiger partial charge on any atom is 0.421 e. The lowest BCUT2D eigenvalue weighted by Crippen LogP contribution is -2.49. The summed E-state index contributed by atoms with van der Waals surface area (Å²) in [7, 11) is 0. The molecule has 0 N–H and O–H groups in total. The van der Waals surface area contributed by atoms with Gasteiger partial charge in [-0.1, -0.05) is 19.6 Å². The molecule has 2 aliphatic heterocycles. The van der Waals surface area contributed by atoms with Crippen LogP contribution in [-0.4, -0.2) is 117 Å². The van der Waals surface area contributed by atoms with E-state index in [-0.39, 0.29) is 45.6 Å². The summed E-state index contributed by atoms with van der Waals surface area (Å²) < 4.78 is 113. The summed E-state index contributed by atoms with van der Waals surface area (Å²) in [6.45, 7) is 20.9. The molecule has 0 spiro atoms. The van der Waals surface area contributed by atoms with E-state index in [1.165, 1.54) is 52.2 Å². The molecule has 0 aliphatic carbocycles. The fraction of sp³-hybridized carbons (Fsp3) is 0.564. The molecule has 22 heteroatoms. The standard InChI is InChI=1S/2C27H34F3N3O5.CH4/c2*1-17-18(9-7-12-31-17)19-15-33(24(35)38-25(2,3)4)14-11-21(19)37-23(34)26(5,6)16-36-22-20(27(28,29)30)10-8-13-32-22;/h2*7-10,12-13,19,21H,11,14-16H2,1-6H3;1H4/t2*19-,21+;/m10./s1. The first kappa shape index (κ1) is 62.8. The number of aryl methyl sites for hydroxylation is 2. The van der Waals surface area contributed by atoms with E-state index in [0.717, 1.165) is 34.6 Å². The van der Waals surface area contributed by atoms with Crippen LogP contribution in [0, 0.1) is 24.7 Å². The predicted octanol–water partition coefficient (Wildman–Crippen LogP) is 11.7. The SMILES string of the molecule is C.Cc1ncccc1[C@@H]1CN(C(=O)OC(C)(C)C)CC[C@H]1OC(=O)C(C)(C)COc1ncccc1C(F)(F)F.Cc1ncccc1[C@H]1CN(C(=O)OC(C)(C)C)CC[C@@H]1OC(=O)C(C)(C)COc1ncccc1C(F)(F)F. The monoisotopic (exact) mass is 1090 g/mol. The number of esters is 2. The number of nitrogens with zero attached hydrogens (tertiary/aromatic N) is 6. The minimum absolute atomic E-state index is 0. The number of halogens is 6. The van der Waals surface area contributed by atoms with Crippen LogP contribution in [0.4, 0.5) is 35.9 Å². The van der Waals surface area contributed by atoms with Gasteiger partial charge in [-0.05, 0) is 131 Å². The van der Waals surface area contributed by atoms with Gasteiger partial charge in [0.25, 0.3) is 0 Å². The summed E-state index contributed by atoms with van der Waals surface area (Å²) in [5.41, 5.74) is -2.80. The van der Waals surface area contributed by atoms with Gasteiger partial charge >= 0.3 is 36.5 Å². The highest BCUT2D eigenvalue weighted by Gasteiger charge is 2.44. The van der Waals surface area contributed by atoms with Gasteiger partial charge in [-0.3, -0.25) is 19.6 Å². The molecule has 0 radical (unpaired) electrons. The van der Waals surface area contributed by atoms with E-state index in [2.05, 4.69) is 19.9 Å². The second-order valence-corrected chi connectivity index (χ2v) is 21.9. The number of alkyl halides is 6. The van der Waals surface area contributed by atoms with E-state index in [4.69, 9.17) is 28.4 Å². The van der Waals surface area contributed by atoms with Crippen LogP contribution in [-0.2, 0) is 40.9 Å². The molecule has 0 saturated carbocycles. The normalized spacial score (nSPS) is 18.4. The van der Waals surface area contributed by atoms with Crippen LogP contribution in [0.25, 0.3) is 0 Å². The highest BCUT2D eigenvalue weighted by Crippen LogP contribution is 2.39. The van der Waals surface area contributed by atoms with Crippen LogP contribution in [0.2, 0.25) is 0 Å². The van der Waals surface area contributed by atoms with Crippen molar-refractivity contribution in [1.82, 2.24) is 29.7 Å². The Kier molecular flexibility index (Phi) is 20.5. The Bertz CT molecular complexity index is 2470. The van der Waals surface area contributed by atoms with Crippen LogP contribution in [0.1, 0.15) is 135 Å². The Morgan fingerprint density at radius 1 is 0.532 bits per heavy atom. The minimum atomic E-state index is -4.65. The highest BCUT2D eigenvalue weighted by atomic mass is 19.4. The van der Waals surface area contributed by atoms with Crippen molar-refractivity contribution in [1.29, 1.82) is 0 Å². The first-order valence-corrected chi connectivity index (χ1v) is 24.7. The molecule has 6 rings (SSSR count). The molecule has 4 atom stereocenters. The molecule has 2 saturated heterocycles. The summed E-state index contributed by atoms with van der Waals surface area (Å²) in [6, 6.07) is 11.4. The maximum atomic E-state index is 13.3. The van der Waals surface area contributed by atoms with Gasteiger partial charge in [0.2, 0.25) is 11.8 Å². The summed E-state index contributed by atoms with van der Waals surface area (Å²) in [6.07, 6.45) is -5.02. The van der Waals surface area contributed by atoms with Gasteiger partial charge < -0.3 is 38.2 Å². The molecular formula is C55H72F6N6O10. The van der Waals surface area contributed by atoms with Crippen molar-refractivity contribution < 1.29 is 73.9 Å². The number of carbonyl (C=O) groups is 4. The van der Waals surface area contributed by atoms with Crippen molar-refractivity contribution in [2.24, 2.45) is 10.8 Å². The maximum absolute atomic E-state index is 13.3. The van der Waals surface area contributed by atoms with Gasteiger partial charge in [-0.25, -0.2) is 19.6 Å². The Labute approximate surface area is 446 Å². The number of rotatable bonds is 12. The second-order valence-electron chi connectivity index (χ2n) is 21.9. The fourth-order valence-electron chi connectivity index (χ4n) is 8.15. The quantitative estimate of drug-likeness (QED) is 0.0742. The summed E-state index contributed by atoms with van der Waals surface area (Å²) in [5.74, 6) is -3.23. The van der Waals surface area contributed by atoms with E-state index in [1.54, 1.807) is 75.9 Å².